The SMILES string of the molecule is NC(=O)c1ccc2c(c1)nc(-c1ccccn1)n2C1CCCC(NC(=O)c2ccc(Cl)s2)C1. The molecule has 3 aromatic heterocycles. The van der Waals surface area contributed by atoms with Crippen LogP contribution in [0.5, 0.6) is 0 Å². The number of hydrogen-bond acceptors (Lipinski definition) is 5. The molecule has 1 saturated carbocycles. The highest BCUT2D eigenvalue weighted by molar-refractivity contribution is 7.18. The van der Waals surface area contributed by atoms with Crippen LogP contribution in [-0.4, -0.2) is 32.4 Å². The van der Waals surface area contributed by atoms with Gasteiger partial charge >= 0.3 is 0 Å². The van der Waals surface area contributed by atoms with E-state index in [0.717, 1.165) is 42.7 Å². The van der Waals surface area contributed by atoms with Gasteiger partial charge in [-0.25, -0.2) is 4.98 Å². The van der Waals surface area contributed by atoms with Crippen molar-refractivity contribution in [2.45, 2.75) is 37.8 Å². The lowest BCUT2D eigenvalue weighted by atomic mass is 9.90. The molecule has 3 N–H and O–H groups in total. The second-order valence-electron chi connectivity index (χ2n) is 8.18. The van der Waals surface area contributed by atoms with E-state index >= 15 is 0 Å². The molecule has 3 heterocycles. The van der Waals surface area contributed by atoms with Crippen LogP contribution in [0.3, 0.4) is 0 Å². The lowest BCUT2D eigenvalue weighted by Crippen LogP contribution is -2.38. The molecule has 0 aliphatic heterocycles. The number of nitrogens with two attached hydrogens (primary N) is 1. The molecule has 0 spiro atoms. The summed E-state index contributed by atoms with van der Waals surface area (Å²) < 4.78 is 2.80. The summed E-state index contributed by atoms with van der Waals surface area (Å²) in [6.45, 7) is 0. The molecule has 33 heavy (non-hydrogen) atoms. The number of nitrogens with zero attached hydrogens (tertiary/aromatic N) is 3. The molecule has 2 amide bonds. The number of aromatic nitrogens is 3. The van der Waals surface area contributed by atoms with Gasteiger partial charge in [-0.15, -0.1) is 11.3 Å². The first-order valence-corrected chi connectivity index (χ1v) is 12.0. The fourth-order valence-electron chi connectivity index (χ4n) is 4.52. The van der Waals surface area contributed by atoms with Crippen LogP contribution in [0.25, 0.3) is 22.6 Å². The molecule has 168 valence electrons. The molecule has 0 saturated heterocycles. The zero-order chi connectivity index (χ0) is 22.9. The number of halogens is 1. The minimum Gasteiger partial charge on any atom is -0.366 e. The number of primary amides is 1. The van der Waals surface area contributed by atoms with Crippen LogP contribution in [0.4, 0.5) is 0 Å². The van der Waals surface area contributed by atoms with Crippen molar-refractivity contribution in [1.82, 2.24) is 19.9 Å². The third-order valence-corrected chi connectivity index (χ3v) is 7.24. The van der Waals surface area contributed by atoms with E-state index in [0.29, 0.717) is 20.3 Å². The summed E-state index contributed by atoms with van der Waals surface area (Å²) in [6.07, 6.45) is 5.36. The number of pyridine rings is 1. The summed E-state index contributed by atoms with van der Waals surface area (Å²) in [6, 6.07) is 14.7. The second-order valence-corrected chi connectivity index (χ2v) is 9.90. The summed E-state index contributed by atoms with van der Waals surface area (Å²) in [5.74, 6) is 0.165. The molecule has 5 rings (SSSR count). The smallest absolute Gasteiger partial charge is 0.261 e. The van der Waals surface area contributed by atoms with Gasteiger partial charge in [0.05, 0.1) is 20.2 Å². The topological polar surface area (TPSA) is 103 Å². The first kappa shape index (κ1) is 21.6. The normalized spacial score (nSPS) is 18.3. The second kappa shape index (κ2) is 8.96. The fraction of sp³-hybridized carbons (Fsp3) is 0.250. The first-order chi connectivity index (χ1) is 16.0. The Balaban J connectivity index is 1.49. The van der Waals surface area contributed by atoms with Crippen LogP contribution in [0.15, 0.2) is 54.7 Å². The Morgan fingerprint density at radius 1 is 1.15 bits per heavy atom. The molecule has 0 bridgehead atoms. The highest BCUT2D eigenvalue weighted by atomic mass is 35.5. The largest absolute Gasteiger partial charge is 0.366 e. The number of imidazole rings is 1. The Bertz CT molecular complexity index is 1330. The van der Waals surface area contributed by atoms with Gasteiger partial charge in [-0.2, -0.15) is 0 Å². The predicted molar refractivity (Wildman–Crippen MR) is 130 cm³/mol. The van der Waals surface area contributed by atoms with Crippen LogP contribution < -0.4 is 11.1 Å². The number of fused-ring (bicyclic) bond motifs is 1. The molecule has 9 heteroatoms. The molecule has 1 aliphatic rings. The summed E-state index contributed by atoms with van der Waals surface area (Å²) >= 11 is 7.27. The van der Waals surface area contributed by atoms with E-state index in [4.69, 9.17) is 22.3 Å². The van der Waals surface area contributed by atoms with E-state index in [1.807, 2.05) is 24.3 Å². The Labute approximate surface area is 199 Å². The predicted octanol–water partition coefficient (Wildman–Crippen LogP) is 4.83. The average molecular weight is 480 g/mol. The van der Waals surface area contributed by atoms with E-state index in [1.165, 1.54) is 11.3 Å². The van der Waals surface area contributed by atoms with Gasteiger partial charge in [0.25, 0.3) is 5.91 Å². The number of nitrogens with one attached hydrogen (secondary N) is 1. The zero-order valence-corrected chi connectivity index (χ0v) is 19.3. The molecular formula is C24H22ClN5O2S. The third kappa shape index (κ3) is 4.36. The van der Waals surface area contributed by atoms with Gasteiger partial charge in [0.1, 0.15) is 5.69 Å². The van der Waals surface area contributed by atoms with Gasteiger partial charge in [0.2, 0.25) is 5.91 Å². The van der Waals surface area contributed by atoms with Crippen LogP contribution in [-0.2, 0) is 0 Å². The van der Waals surface area contributed by atoms with Gasteiger partial charge < -0.3 is 15.6 Å². The maximum atomic E-state index is 12.7. The summed E-state index contributed by atoms with van der Waals surface area (Å²) in [7, 11) is 0. The number of amides is 2. The Hall–Kier alpha value is -3.23. The Morgan fingerprint density at radius 3 is 2.76 bits per heavy atom. The van der Waals surface area contributed by atoms with Crippen molar-refractivity contribution in [3.8, 4) is 11.5 Å². The van der Waals surface area contributed by atoms with Crippen molar-refractivity contribution in [3.63, 3.8) is 0 Å². The summed E-state index contributed by atoms with van der Waals surface area (Å²) in [4.78, 5) is 34.3. The molecule has 1 fully saturated rings. The standard InChI is InChI=1S/C24H22ClN5O2S/c25-21-10-9-20(33-21)24(32)28-15-4-3-5-16(13-15)30-19-8-7-14(22(26)31)12-18(19)29-23(30)17-6-1-2-11-27-17/h1-2,6-12,15-16H,3-5,13H2,(H2,26,31)(H,28,32). The molecule has 7 nitrogen and oxygen atoms in total. The summed E-state index contributed by atoms with van der Waals surface area (Å²) in [5, 5.41) is 3.17. The van der Waals surface area contributed by atoms with Crippen LogP contribution in [0.1, 0.15) is 51.8 Å². The highest BCUT2D eigenvalue weighted by Gasteiger charge is 2.29. The number of carbonyl (C=O) groups excluding carboxylic acids is 2. The van der Waals surface area contributed by atoms with Crippen molar-refractivity contribution in [3.05, 3.63) is 69.5 Å². The number of thiophene rings is 1. The van der Waals surface area contributed by atoms with Gasteiger partial charge in [0, 0.05) is 23.8 Å². The average Bonchev–Trinajstić information content (AvgIpc) is 3.43. The molecule has 1 aliphatic carbocycles. The number of rotatable bonds is 5. The van der Waals surface area contributed by atoms with Crippen LogP contribution in [0, 0.1) is 0 Å². The molecule has 2 unspecified atom stereocenters. The minimum absolute atomic E-state index is 0.0380. The van der Waals surface area contributed by atoms with Gasteiger partial charge in [-0.05, 0) is 68.1 Å². The van der Waals surface area contributed by atoms with E-state index in [-0.39, 0.29) is 18.0 Å². The molecule has 2 atom stereocenters. The van der Waals surface area contributed by atoms with Crippen molar-refractivity contribution >= 4 is 45.8 Å². The third-order valence-electron chi connectivity index (χ3n) is 6.01. The van der Waals surface area contributed by atoms with E-state index in [9.17, 15) is 9.59 Å². The van der Waals surface area contributed by atoms with Crippen LogP contribution in [0.2, 0.25) is 4.34 Å². The lowest BCUT2D eigenvalue weighted by Gasteiger charge is -2.31. The molecule has 1 aromatic carbocycles. The van der Waals surface area contributed by atoms with E-state index in [2.05, 4.69) is 14.9 Å². The maximum Gasteiger partial charge on any atom is 0.261 e. The van der Waals surface area contributed by atoms with Crippen molar-refractivity contribution < 1.29 is 9.59 Å². The first-order valence-electron chi connectivity index (χ1n) is 10.8. The fourth-order valence-corrected chi connectivity index (χ4v) is 5.47. The van der Waals surface area contributed by atoms with Crippen LogP contribution >= 0.6 is 22.9 Å². The Morgan fingerprint density at radius 2 is 2.03 bits per heavy atom. The number of carbonyl (C=O) groups is 2. The van der Waals surface area contributed by atoms with Gasteiger partial charge in [0.15, 0.2) is 5.82 Å². The number of hydrogen-bond donors (Lipinski definition) is 2. The molecular weight excluding hydrogens is 458 g/mol. The molecule has 0 radical (unpaired) electrons. The Kier molecular flexibility index (Phi) is 5.86. The quantitative estimate of drug-likeness (QED) is 0.428. The monoisotopic (exact) mass is 479 g/mol. The highest BCUT2D eigenvalue weighted by Crippen LogP contribution is 2.36. The number of benzene rings is 1. The maximum absolute atomic E-state index is 12.7. The van der Waals surface area contributed by atoms with Crippen molar-refractivity contribution in [2.75, 3.05) is 0 Å². The molecule has 4 aromatic rings. The van der Waals surface area contributed by atoms with Crippen molar-refractivity contribution in [1.29, 1.82) is 0 Å². The van der Waals surface area contributed by atoms with E-state index < -0.39 is 5.91 Å². The van der Waals surface area contributed by atoms with E-state index in [1.54, 1.807) is 30.5 Å². The lowest BCUT2D eigenvalue weighted by molar-refractivity contribution is 0.0924. The summed E-state index contributed by atoms with van der Waals surface area (Å²) in [5.41, 5.74) is 8.28. The van der Waals surface area contributed by atoms with Gasteiger partial charge in [-0.1, -0.05) is 17.7 Å². The minimum atomic E-state index is -0.486. The zero-order valence-electron chi connectivity index (χ0n) is 17.7. The van der Waals surface area contributed by atoms with Gasteiger partial charge in [-0.3, -0.25) is 14.6 Å². The van der Waals surface area contributed by atoms with Crippen molar-refractivity contribution in [2.24, 2.45) is 5.73 Å².